The van der Waals surface area contributed by atoms with E-state index in [0.29, 0.717) is 6.42 Å². The maximum Gasteiger partial charge on any atom is 0.220 e. The number of aliphatic hydroxyl groups is 1. The van der Waals surface area contributed by atoms with Crippen molar-refractivity contribution in [3.05, 3.63) is 0 Å². The smallest absolute Gasteiger partial charge is 0.220 e. The predicted octanol–water partition coefficient (Wildman–Crippen LogP) is 2.23. The molecule has 3 nitrogen and oxygen atoms in total. The number of carbonyl (C=O) groups is 1. The summed E-state index contributed by atoms with van der Waals surface area (Å²) in [5.41, 5.74) is -0.322. The van der Waals surface area contributed by atoms with Crippen LogP contribution in [0.3, 0.4) is 0 Å². The average Bonchev–Trinajstić information content (AvgIpc) is 2.30. The SMILES string of the molecule is CCCCC(=O)NC1(CO)CCC(C)CC1. The van der Waals surface area contributed by atoms with E-state index >= 15 is 0 Å². The number of nitrogens with one attached hydrogen (secondary N) is 1. The molecule has 3 heteroatoms. The highest BCUT2D eigenvalue weighted by Gasteiger charge is 2.34. The molecule has 0 aliphatic heterocycles. The van der Waals surface area contributed by atoms with Gasteiger partial charge < -0.3 is 10.4 Å². The average molecular weight is 227 g/mol. The molecule has 0 radical (unpaired) electrons. The summed E-state index contributed by atoms with van der Waals surface area (Å²) in [6, 6.07) is 0. The second-order valence-electron chi connectivity index (χ2n) is 5.27. The van der Waals surface area contributed by atoms with Crippen LogP contribution in [-0.2, 0) is 4.79 Å². The van der Waals surface area contributed by atoms with Crippen molar-refractivity contribution in [3.8, 4) is 0 Å². The lowest BCUT2D eigenvalue weighted by Crippen LogP contribution is -2.53. The zero-order chi connectivity index (χ0) is 12.0. The molecular weight excluding hydrogens is 202 g/mol. The van der Waals surface area contributed by atoms with Gasteiger partial charge >= 0.3 is 0 Å². The molecule has 0 aromatic rings. The molecule has 1 fully saturated rings. The number of amides is 1. The van der Waals surface area contributed by atoms with Crippen LogP contribution in [0.25, 0.3) is 0 Å². The summed E-state index contributed by atoms with van der Waals surface area (Å²) >= 11 is 0. The van der Waals surface area contributed by atoms with Crippen LogP contribution in [0.1, 0.15) is 58.8 Å². The maximum absolute atomic E-state index is 11.7. The van der Waals surface area contributed by atoms with Crippen LogP contribution in [-0.4, -0.2) is 23.2 Å². The monoisotopic (exact) mass is 227 g/mol. The molecule has 1 saturated carbocycles. The van der Waals surface area contributed by atoms with Crippen molar-refractivity contribution in [2.45, 2.75) is 64.3 Å². The molecule has 1 aliphatic rings. The minimum atomic E-state index is -0.322. The fraction of sp³-hybridized carbons (Fsp3) is 0.923. The van der Waals surface area contributed by atoms with Gasteiger partial charge in [-0.15, -0.1) is 0 Å². The molecule has 0 aromatic heterocycles. The zero-order valence-corrected chi connectivity index (χ0v) is 10.6. The van der Waals surface area contributed by atoms with Gasteiger partial charge in [0, 0.05) is 6.42 Å². The summed E-state index contributed by atoms with van der Waals surface area (Å²) in [7, 11) is 0. The van der Waals surface area contributed by atoms with Crippen molar-refractivity contribution in [1.82, 2.24) is 5.32 Å². The Morgan fingerprint density at radius 3 is 2.56 bits per heavy atom. The van der Waals surface area contributed by atoms with Gasteiger partial charge in [0.2, 0.25) is 5.91 Å². The molecule has 0 unspecified atom stereocenters. The summed E-state index contributed by atoms with van der Waals surface area (Å²) in [4.78, 5) is 11.7. The van der Waals surface area contributed by atoms with Crippen molar-refractivity contribution in [2.24, 2.45) is 5.92 Å². The molecule has 2 N–H and O–H groups in total. The number of rotatable bonds is 5. The van der Waals surface area contributed by atoms with Gasteiger partial charge in [-0.3, -0.25) is 4.79 Å². The van der Waals surface area contributed by atoms with Crippen LogP contribution in [0.2, 0.25) is 0 Å². The lowest BCUT2D eigenvalue weighted by molar-refractivity contribution is -0.124. The molecule has 0 bridgehead atoms. The largest absolute Gasteiger partial charge is 0.394 e. The van der Waals surface area contributed by atoms with Crippen molar-refractivity contribution in [1.29, 1.82) is 0 Å². The number of carbonyl (C=O) groups excluding carboxylic acids is 1. The lowest BCUT2D eigenvalue weighted by atomic mass is 9.77. The fourth-order valence-electron chi connectivity index (χ4n) is 2.33. The van der Waals surface area contributed by atoms with E-state index in [1.807, 2.05) is 0 Å². The third kappa shape index (κ3) is 3.78. The number of aliphatic hydroxyl groups excluding tert-OH is 1. The van der Waals surface area contributed by atoms with Crippen LogP contribution < -0.4 is 5.32 Å². The lowest BCUT2D eigenvalue weighted by Gasteiger charge is -2.38. The van der Waals surface area contributed by atoms with E-state index in [1.165, 1.54) is 0 Å². The molecule has 0 spiro atoms. The van der Waals surface area contributed by atoms with Gasteiger partial charge in [0.1, 0.15) is 0 Å². The minimum Gasteiger partial charge on any atom is -0.394 e. The third-order valence-corrected chi connectivity index (χ3v) is 3.70. The highest BCUT2D eigenvalue weighted by Crippen LogP contribution is 2.31. The summed E-state index contributed by atoms with van der Waals surface area (Å²) in [5.74, 6) is 0.831. The minimum absolute atomic E-state index is 0.0809. The summed E-state index contributed by atoms with van der Waals surface area (Å²) in [6.45, 7) is 4.40. The molecule has 1 rings (SSSR count). The molecule has 0 atom stereocenters. The Labute approximate surface area is 98.6 Å². The Balaban J connectivity index is 2.44. The van der Waals surface area contributed by atoms with Crippen LogP contribution in [0.4, 0.5) is 0 Å². The topological polar surface area (TPSA) is 49.3 Å². The Bertz CT molecular complexity index is 220. The molecule has 0 heterocycles. The first-order chi connectivity index (χ1) is 7.62. The second kappa shape index (κ2) is 6.24. The first-order valence-corrected chi connectivity index (χ1v) is 6.54. The van der Waals surface area contributed by atoms with E-state index in [2.05, 4.69) is 19.2 Å². The van der Waals surface area contributed by atoms with E-state index in [-0.39, 0.29) is 18.1 Å². The Morgan fingerprint density at radius 2 is 2.06 bits per heavy atom. The highest BCUT2D eigenvalue weighted by atomic mass is 16.3. The second-order valence-corrected chi connectivity index (χ2v) is 5.27. The van der Waals surface area contributed by atoms with Crippen molar-refractivity contribution < 1.29 is 9.90 Å². The van der Waals surface area contributed by atoms with Crippen molar-refractivity contribution >= 4 is 5.91 Å². The van der Waals surface area contributed by atoms with Crippen molar-refractivity contribution in [2.75, 3.05) is 6.61 Å². The zero-order valence-electron chi connectivity index (χ0n) is 10.6. The van der Waals surface area contributed by atoms with Crippen molar-refractivity contribution in [3.63, 3.8) is 0 Å². The molecular formula is C13H25NO2. The summed E-state index contributed by atoms with van der Waals surface area (Å²) in [5, 5.41) is 12.5. The predicted molar refractivity (Wildman–Crippen MR) is 65.1 cm³/mol. The summed E-state index contributed by atoms with van der Waals surface area (Å²) in [6.07, 6.45) is 6.61. The van der Waals surface area contributed by atoms with Gasteiger partial charge in [0.25, 0.3) is 0 Å². The Hall–Kier alpha value is -0.570. The van der Waals surface area contributed by atoms with Gasteiger partial charge in [-0.1, -0.05) is 20.3 Å². The fourth-order valence-corrected chi connectivity index (χ4v) is 2.33. The van der Waals surface area contributed by atoms with Crippen LogP contribution >= 0.6 is 0 Å². The normalized spacial score (nSPS) is 30.1. The molecule has 0 aromatic carbocycles. The first kappa shape index (κ1) is 13.5. The van der Waals surface area contributed by atoms with E-state index in [4.69, 9.17) is 0 Å². The Kier molecular flexibility index (Phi) is 5.26. The van der Waals surface area contributed by atoms with Crippen LogP contribution in [0.15, 0.2) is 0 Å². The molecule has 94 valence electrons. The van der Waals surface area contributed by atoms with Gasteiger partial charge in [-0.05, 0) is 38.0 Å². The van der Waals surface area contributed by atoms with Crippen LogP contribution in [0.5, 0.6) is 0 Å². The number of unbranched alkanes of at least 4 members (excludes halogenated alkanes) is 1. The van der Waals surface area contributed by atoms with E-state index in [0.717, 1.165) is 44.4 Å². The van der Waals surface area contributed by atoms with Gasteiger partial charge in [-0.2, -0.15) is 0 Å². The summed E-state index contributed by atoms with van der Waals surface area (Å²) < 4.78 is 0. The van der Waals surface area contributed by atoms with Gasteiger partial charge in [0.15, 0.2) is 0 Å². The molecule has 16 heavy (non-hydrogen) atoms. The number of hydrogen-bond donors (Lipinski definition) is 2. The first-order valence-electron chi connectivity index (χ1n) is 6.54. The molecule has 1 aliphatic carbocycles. The van der Waals surface area contributed by atoms with E-state index in [1.54, 1.807) is 0 Å². The van der Waals surface area contributed by atoms with Crippen LogP contribution in [0, 0.1) is 5.92 Å². The van der Waals surface area contributed by atoms with E-state index in [9.17, 15) is 9.90 Å². The molecule has 1 amide bonds. The Morgan fingerprint density at radius 1 is 1.44 bits per heavy atom. The maximum atomic E-state index is 11.7. The highest BCUT2D eigenvalue weighted by molar-refractivity contribution is 5.76. The van der Waals surface area contributed by atoms with E-state index < -0.39 is 0 Å². The standard InChI is InChI=1S/C13H25NO2/c1-3-4-5-12(16)14-13(10-15)8-6-11(2)7-9-13/h11,15H,3-10H2,1-2H3,(H,14,16). The third-order valence-electron chi connectivity index (χ3n) is 3.70. The quantitative estimate of drug-likeness (QED) is 0.756. The van der Waals surface area contributed by atoms with Gasteiger partial charge in [-0.25, -0.2) is 0 Å². The number of hydrogen-bond acceptors (Lipinski definition) is 2. The molecule has 0 saturated heterocycles. The van der Waals surface area contributed by atoms with Gasteiger partial charge in [0.05, 0.1) is 12.1 Å².